The van der Waals surface area contributed by atoms with E-state index >= 15 is 0 Å². The molecule has 6 heteroatoms. The van der Waals surface area contributed by atoms with Gasteiger partial charge < -0.3 is 20.4 Å². The second-order valence-electron chi connectivity index (χ2n) is 4.92. The molecular weight excluding hydrogens is 246 g/mol. The number of ether oxygens (including phenoxy) is 1. The molecule has 1 amide bonds. The molecule has 1 aliphatic heterocycles. The average Bonchev–Trinajstić information content (AvgIpc) is 2.43. The smallest absolute Gasteiger partial charge is 0.252 e. The summed E-state index contributed by atoms with van der Waals surface area (Å²) in [5.41, 5.74) is 5.52. The predicted octanol–water partition coefficient (Wildman–Crippen LogP) is -0.377. The molecule has 3 N–H and O–H groups in total. The molecule has 1 aromatic rings. The van der Waals surface area contributed by atoms with Crippen LogP contribution in [0.25, 0.3) is 0 Å². The summed E-state index contributed by atoms with van der Waals surface area (Å²) in [6, 6.07) is 2.96. The van der Waals surface area contributed by atoms with Gasteiger partial charge in [-0.25, -0.2) is 0 Å². The van der Waals surface area contributed by atoms with Gasteiger partial charge in [0.15, 0.2) is 0 Å². The largest absolute Gasteiger partial charge is 0.381 e. The molecule has 0 aliphatic carbocycles. The van der Waals surface area contributed by atoms with Crippen LogP contribution in [0.15, 0.2) is 23.1 Å². The standard InChI is InChI=1S/C13H19N3O3/c1-16-5-2-10(8-11(16)17)12(18)15-13(9-14)3-6-19-7-4-13/h2,5,8H,3-4,6-7,9,14H2,1H3,(H,15,18). The van der Waals surface area contributed by atoms with Gasteiger partial charge >= 0.3 is 0 Å². The fraction of sp³-hybridized carbons (Fsp3) is 0.538. The van der Waals surface area contributed by atoms with Crippen LogP contribution in [0.1, 0.15) is 23.2 Å². The van der Waals surface area contributed by atoms with Gasteiger partial charge in [0.25, 0.3) is 11.5 Å². The van der Waals surface area contributed by atoms with Crippen molar-refractivity contribution in [1.29, 1.82) is 0 Å². The monoisotopic (exact) mass is 265 g/mol. The molecule has 1 aromatic heterocycles. The number of aromatic nitrogens is 1. The molecular formula is C13H19N3O3. The van der Waals surface area contributed by atoms with Crippen LogP contribution >= 0.6 is 0 Å². The molecule has 0 radical (unpaired) electrons. The molecule has 19 heavy (non-hydrogen) atoms. The lowest BCUT2D eigenvalue weighted by Crippen LogP contribution is -2.56. The molecule has 0 bridgehead atoms. The fourth-order valence-electron chi connectivity index (χ4n) is 2.15. The Morgan fingerprint density at radius 3 is 2.79 bits per heavy atom. The maximum Gasteiger partial charge on any atom is 0.252 e. The summed E-state index contributed by atoms with van der Waals surface area (Å²) in [6.45, 7) is 1.55. The highest BCUT2D eigenvalue weighted by Gasteiger charge is 2.33. The SMILES string of the molecule is Cn1ccc(C(=O)NC2(CN)CCOCC2)cc1=O. The van der Waals surface area contributed by atoms with E-state index in [1.807, 2.05) is 0 Å². The second-order valence-corrected chi connectivity index (χ2v) is 4.92. The predicted molar refractivity (Wildman–Crippen MR) is 71.0 cm³/mol. The molecule has 1 saturated heterocycles. The summed E-state index contributed by atoms with van der Waals surface area (Å²) >= 11 is 0. The normalized spacial score (nSPS) is 18.0. The van der Waals surface area contributed by atoms with Gasteiger partial charge in [-0.05, 0) is 18.9 Å². The Morgan fingerprint density at radius 1 is 1.53 bits per heavy atom. The molecule has 0 unspecified atom stereocenters. The van der Waals surface area contributed by atoms with Crippen molar-refractivity contribution in [2.45, 2.75) is 18.4 Å². The molecule has 6 nitrogen and oxygen atoms in total. The summed E-state index contributed by atoms with van der Waals surface area (Å²) in [7, 11) is 1.64. The van der Waals surface area contributed by atoms with Gasteiger partial charge in [0, 0.05) is 44.6 Å². The van der Waals surface area contributed by atoms with E-state index in [1.165, 1.54) is 10.6 Å². The average molecular weight is 265 g/mol. The van der Waals surface area contributed by atoms with Gasteiger partial charge in [-0.1, -0.05) is 0 Å². The maximum atomic E-state index is 12.2. The third-order valence-corrected chi connectivity index (χ3v) is 3.59. The summed E-state index contributed by atoms with van der Waals surface area (Å²) in [6.07, 6.45) is 2.97. The lowest BCUT2D eigenvalue weighted by molar-refractivity contribution is 0.0388. The highest BCUT2D eigenvalue weighted by molar-refractivity contribution is 5.94. The first-order valence-electron chi connectivity index (χ1n) is 6.33. The van der Waals surface area contributed by atoms with Crippen molar-refractivity contribution in [1.82, 2.24) is 9.88 Å². The lowest BCUT2D eigenvalue weighted by atomic mass is 9.90. The molecule has 2 heterocycles. The van der Waals surface area contributed by atoms with Crippen molar-refractivity contribution < 1.29 is 9.53 Å². The molecule has 104 valence electrons. The summed E-state index contributed by atoms with van der Waals surface area (Å²) in [5.74, 6) is -0.259. The number of hydrogen-bond donors (Lipinski definition) is 2. The topological polar surface area (TPSA) is 86.3 Å². The van der Waals surface area contributed by atoms with E-state index in [1.54, 1.807) is 19.3 Å². The van der Waals surface area contributed by atoms with E-state index in [-0.39, 0.29) is 11.5 Å². The van der Waals surface area contributed by atoms with E-state index in [9.17, 15) is 9.59 Å². The number of hydrogen-bond acceptors (Lipinski definition) is 4. The highest BCUT2D eigenvalue weighted by atomic mass is 16.5. The molecule has 0 aromatic carbocycles. The maximum absolute atomic E-state index is 12.2. The van der Waals surface area contributed by atoms with E-state index in [4.69, 9.17) is 10.5 Å². The first-order valence-corrected chi connectivity index (χ1v) is 6.33. The van der Waals surface area contributed by atoms with Crippen molar-refractivity contribution in [2.75, 3.05) is 19.8 Å². The molecule has 0 atom stereocenters. The van der Waals surface area contributed by atoms with Gasteiger partial charge in [0.2, 0.25) is 0 Å². The van der Waals surface area contributed by atoms with Gasteiger partial charge in [-0.2, -0.15) is 0 Å². The van der Waals surface area contributed by atoms with Gasteiger partial charge in [0.05, 0.1) is 5.54 Å². The van der Waals surface area contributed by atoms with Crippen LogP contribution in [0.2, 0.25) is 0 Å². The molecule has 0 spiro atoms. The summed E-state index contributed by atoms with van der Waals surface area (Å²) < 4.78 is 6.71. The second kappa shape index (κ2) is 5.54. The Balaban J connectivity index is 2.15. The Morgan fingerprint density at radius 2 is 2.21 bits per heavy atom. The summed E-state index contributed by atoms with van der Waals surface area (Å²) in [5, 5.41) is 2.95. The van der Waals surface area contributed by atoms with Crippen molar-refractivity contribution >= 4 is 5.91 Å². The molecule has 1 aliphatic rings. The van der Waals surface area contributed by atoms with Crippen molar-refractivity contribution in [3.63, 3.8) is 0 Å². The van der Waals surface area contributed by atoms with E-state index in [2.05, 4.69) is 5.32 Å². The minimum atomic E-state index is -0.420. The quantitative estimate of drug-likeness (QED) is 0.780. The van der Waals surface area contributed by atoms with Crippen LogP contribution in [0.4, 0.5) is 0 Å². The zero-order chi connectivity index (χ0) is 13.9. The molecule has 2 rings (SSSR count). The van der Waals surface area contributed by atoms with E-state index in [0.717, 1.165) is 0 Å². The minimum absolute atomic E-state index is 0.207. The van der Waals surface area contributed by atoms with Crippen LogP contribution < -0.4 is 16.6 Å². The summed E-state index contributed by atoms with van der Waals surface area (Å²) in [4.78, 5) is 23.7. The minimum Gasteiger partial charge on any atom is -0.381 e. The number of nitrogens with two attached hydrogens (primary N) is 1. The number of nitrogens with one attached hydrogen (secondary N) is 1. The number of nitrogens with zero attached hydrogens (tertiary/aromatic N) is 1. The van der Waals surface area contributed by atoms with Crippen LogP contribution in [0.5, 0.6) is 0 Å². The van der Waals surface area contributed by atoms with E-state index < -0.39 is 5.54 Å². The van der Waals surface area contributed by atoms with Crippen LogP contribution in [-0.4, -0.2) is 35.8 Å². The van der Waals surface area contributed by atoms with Crippen molar-refractivity contribution in [3.05, 3.63) is 34.2 Å². The molecule has 0 saturated carbocycles. The highest BCUT2D eigenvalue weighted by Crippen LogP contribution is 2.19. The number of carbonyl (C=O) groups is 1. The van der Waals surface area contributed by atoms with Crippen LogP contribution in [0, 0.1) is 0 Å². The zero-order valence-corrected chi connectivity index (χ0v) is 11.0. The molecule has 1 fully saturated rings. The fourth-order valence-corrected chi connectivity index (χ4v) is 2.15. The Kier molecular flexibility index (Phi) is 4.01. The van der Waals surface area contributed by atoms with E-state index in [0.29, 0.717) is 38.2 Å². The van der Waals surface area contributed by atoms with Crippen molar-refractivity contribution in [3.8, 4) is 0 Å². The van der Waals surface area contributed by atoms with Gasteiger partial charge in [0.1, 0.15) is 0 Å². The number of rotatable bonds is 3. The third-order valence-electron chi connectivity index (χ3n) is 3.59. The number of pyridine rings is 1. The number of amides is 1. The third kappa shape index (κ3) is 3.02. The Labute approximate surface area is 111 Å². The first kappa shape index (κ1) is 13.8. The van der Waals surface area contributed by atoms with Crippen molar-refractivity contribution in [2.24, 2.45) is 12.8 Å². The zero-order valence-electron chi connectivity index (χ0n) is 11.0. The number of carbonyl (C=O) groups excluding carboxylic acids is 1. The van der Waals surface area contributed by atoms with Crippen LogP contribution in [0.3, 0.4) is 0 Å². The Bertz CT molecular complexity index is 518. The van der Waals surface area contributed by atoms with Gasteiger partial charge in [-0.3, -0.25) is 9.59 Å². The number of aryl methyl sites for hydroxylation is 1. The lowest BCUT2D eigenvalue weighted by Gasteiger charge is -2.36. The Hall–Kier alpha value is -1.66. The van der Waals surface area contributed by atoms with Gasteiger partial charge in [-0.15, -0.1) is 0 Å². The van der Waals surface area contributed by atoms with Crippen LogP contribution in [-0.2, 0) is 11.8 Å². The first-order chi connectivity index (χ1) is 9.06.